The van der Waals surface area contributed by atoms with Gasteiger partial charge in [0.25, 0.3) is 0 Å². The lowest BCUT2D eigenvalue weighted by Crippen LogP contribution is -2.42. The average Bonchev–Trinajstić information content (AvgIpc) is 2.92. The molecule has 0 radical (unpaired) electrons. The molecule has 1 saturated heterocycles. The number of nitrogens with zero attached hydrogens (tertiary/aromatic N) is 2. The molecule has 0 aromatic heterocycles. The number of primary amides is 1. The van der Waals surface area contributed by atoms with Gasteiger partial charge in [0.1, 0.15) is 0 Å². The SMILES string of the molecule is CN(CC(=O)N1CCC(C)(C(N)=O)C1)S(=O)(=O)c1ccccc1. The van der Waals surface area contributed by atoms with Gasteiger partial charge in [0.15, 0.2) is 0 Å². The molecule has 1 fully saturated rings. The third-order valence-corrected chi connectivity index (χ3v) is 6.05. The number of amides is 2. The minimum absolute atomic E-state index is 0.138. The van der Waals surface area contributed by atoms with Crippen LogP contribution in [0.1, 0.15) is 13.3 Å². The molecule has 2 N–H and O–H groups in total. The Morgan fingerprint density at radius 3 is 2.43 bits per heavy atom. The fraction of sp³-hybridized carbons (Fsp3) is 0.467. The molecule has 1 aliphatic rings. The van der Waals surface area contributed by atoms with E-state index in [1.54, 1.807) is 25.1 Å². The highest BCUT2D eigenvalue weighted by atomic mass is 32.2. The van der Waals surface area contributed by atoms with Crippen molar-refractivity contribution in [3.05, 3.63) is 30.3 Å². The Balaban J connectivity index is 2.05. The normalized spacial score (nSPS) is 21.6. The third kappa shape index (κ3) is 3.53. The first kappa shape index (κ1) is 17.4. The first-order valence-electron chi connectivity index (χ1n) is 7.26. The number of carbonyl (C=O) groups is 2. The summed E-state index contributed by atoms with van der Waals surface area (Å²) in [5, 5.41) is 0. The quantitative estimate of drug-likeness (QED) is 0.818. The van der Waals surface area contributed by atoms with Gasteiger partial charge in [0.05, 0.1) is 16.9 Å². The Morgan fingerprint density at radius 2 is 1.91 bits per heavy atom. The summed E-state index contributed by atoms with van der Waals surface area (Å²) in [4.78, 5) is 25.4. The molecule has 0 aliphatic carbocycles. The standard InChI is InChI=1S/C15H21N3O4S/c1-15(14(16)20)8-9-18(11-15)13(19)10-17(2)23(21,22)12-6-4-3-5-7-12/h3-7H,8-11H2,1-2H3,(H2,16,20). The molecule has 1 aromatic carbocycles. The zero-order valence-corrected chi connectivity index (χ0v) is 14.0. The van der Waals surface area contributed by atoms with E-state index in [1.165, 1.54) is 24.1 Å². The Bertz CT molecular complexity index is 705. The van der Waals surface area contributed by atoms with Gasteiger partial charge in [-0.3, -0.25) is 9.59 Å². The number of sulfonamides is 1. The lowest BCUT2D eigenvalue weighted by Gasteiger charge is -2.23. The molecular weight excluding hydrogens is 318 g/mol. The van der Waals surface area contributed by atoms with Gasteiger partial charge in [0, 0.05) is 20.1 Å². The van der Waals surface area contributed by atoms with E-state index in [0.717, 1.165) is 4.31 Å². The number of likely N-dealkylation sites (N-methyl/N-ethyl adjacent to an activating group) is 1. The first-order valence-corrected chi connectivity index (χ1v) is 8.70. The van der Waals surface area contributed by atoms with Crippen LogP contribution in [0.5, 0.6) is 0 Å². The van der Waals surface area contributed by atoms with Crippen LogP contribution in [0.3, 0.4) is 0 Å². The van der Waals surface area contributed by atoms with Gasteiger partial charge >= 0.3 is 0 Å². The summed E-state index contributed by atoms with van der Waals surface area (Å²) >= 11 is 0. The molecule has 0 bridgehead atoms. The van der Waals surface area contributed by atoms with Crippen molar-refractivity contribution >= 4 is 21.8 Å². The fourth-order valence-corrected chi connectivity index (χ4v) is 3.66. The molecule has 2 amide bonds. The summed E-state index contributed by atoms with van der Waals surface area (Å²) in [6.45, 7) is 2.07. The van der Waals surface area contributed by atoms with Crippen molar-refractivity contribution in [3.63, 3.8) is 0 Å². The van der Waals surface area contributed by atoms with E-state index in [2.05, 4.69) is 0 Å². The van der Waals surface area contributed by atoms with E-state index >= 15 is 0 Å². The summed E-state index contributed by atoms with van der Waals surface area (Å²) < 4.78 is 25.8. The first-order chi connectivity index (χ1) is 10.7. The lowest BCUT2D eigenvalue weighted by molar-refractivity contribution is -0.131. The largest absolute Gasteiger partial charge is 0.369 e. The summed E-state index contributed by atoms with van der Waals surface area (Å²) in [5.41, 5.74) is 4.61. The highest BCUT2D eigenvalue weighted by molar-refractivity contribution is 7.89. The van der Waals surface area contributed by atoms with Crippen molar-refractivity contribution in [2.45, 2.75) is 18.2 Å². The van der Waals surface area contributed by atoms with Crippen molar-refractivity contribution in [2.75, 3.05) is 26.7 Å². The van der Waals surface area contributed by atoms with Crippen molar-refractivity contribution in [1.29, 1.82) is 0 Å². The van der Waals surface area contributed by atoms with Gasteiger partial charge in [-0.2, -0.15) is 4.31 Å². The Kier molecular flexibility index (Phi) is 4.76. The van der Waals surface area contributed by atoms with Crippen LogP contribution >= 0.6 is 0 Å². The summed E-state index contributed by atoms with van der Waals surface area (Å²) in [7, 11) is -2.35. The molecule has 1 aromatic rings. The van der Waals surface area contributed by atoms with Gasteiger partial charge in [0.2, 0.25) is 21.8 Å². The predicted octanol–water partition coefficient (Wildman–Crippen LogP) is 0.0310. The molecule has 1 unspecified atom stereocenters. The highest BCUT2D eigenvalue weighted by Gasteiger charge is 2.41. The molecule has 1 heterocycles. The van der Waals surface area contributed by atoms with Crippen molar-refractivity contribution in [1.82, 2.24) is 9.21 Å². The smallest absolute Gasteiger partial charge is 0.243 e. The van der Waals surface area contributed by atoms with Crippen LogP contribution in [0.4, 0.5) is 0 Å². The summed E-state index contributed by atoms with van der Waals surface area (Å²) in [6, 6.07) is 7.94. The van der Waals surface area contributed by atoms with Crippen LogP contribution < -0.4 is 5.73 Å². The number of hydrogen-bond acceptors (Lipinski definition) is 4. The molecular formula is C15H21N3O4S. The van der Waals surface area contributed by atoms with Gasteiger partial charge in [-0.15, -0.1) is 0 Å². The minimum Gasteiger partial charge on any atom is -0.369 e. The predicted molar refractivity (Wildman–Crippen MR) is 84.8 cm³/mol. The molecule has 2 rings (SSSR count). The Hall–Kier alpha value is -1.93. The number of rotatable bonds is 5. The number of nitrogens with two attached hydrogens (primary N) is 1. The lowest BCUT2D eigenvalue weighted by atomic mass is 9.89. The molecule has 23 heavy (non-hydrogen) atoms. The maximum Gasteiger partial charge on any atom is 0.243 e. The van der Waals surface area contributed by atoms with Gasteiger partial charge in [-0.05, 0) is 25.5 Å². The van der Waals surface area contributed by atoms with Crippen LogP contribution in [-0.4, -0.2) is 56.1 Å². The van der Waals surface area contributed by atoms with Crippen LogP contribution in [-0.2, 0) is 19.6 Å². The van der Waals surface area contributed by atoms with Crippen molar-refractivity contribution in [3.8, 4) is 0 Å². The van der Waals surface area contributed by atoms with Crippen LogP contribution in [0.25, 0.3) is 0 Å². The van der Waals surface area contributed by atoms with E-state index in [1.807, 2.05) is 0 Å². The van der Waals surface area contributed by atoms with E-state index in [0.29, 0.717) is 13.0 Å². The van der Waals surface area contributed by atoms with Crippen molar-refractivity contribution in [2.24, 2.45) is 11.1 Å². The van der Waals surface area contributed by atoms with E-state index < -0.39 is 21.3 Å². The van der Waals surface area contributed by atoms with Gasteiger partial charge < -0.3 is 10.6 Å². The molecule has 1 atom stereocenters. The molecule has 1 aliphatic heterocycles. The maximum atomic E-state index is 12.4. The number of likely N-dealkylation sites (tertiary alicyclic amines) is 1. The van der Waals surface area contributed by atoms with Crippen LogP contribution in [0.2, 0.25) is 0 Å². The molecule has 0 saturated carbocycles. The zero-order valence-electron chi connectivity index (χ0n) is 13.2. The van der Waals surface area contributed by atoms with E-state index in [-0.39, 0.29) is 23.9 Å². The van der Waals surface area contributed by atoms with Crippen molar-refractivity contribution < 1.29 is 18.0 Å². The third-order valence-electron chi connectivity index (χ3n) is 4.23. The molecule has 0 spiro atoms. The topological polar surface area (TPSA) is 101 Å². The monoisotopic (exact) mass is 339 g/mol. The minimum atomic E-state index is -3.71. The highest BCUT2D eigenvalue weighted by Crippen LogP contribution is 2.29. The molecule has 126 valence electrons. The second-order valence-corrected chi connectivity index (χ2v) is 8.11. The van der Waals surface area contributed by atoms with Crippen LogP contribution in [0.15, 0.2) is 35.2 Å². The number of hydrogen-bond donors (Lipinski definition) is 1. The maximum absolute atomic E-state index is 12.4. The summed E-state index contributed by atoms with van der Waals surface area (Å²) in [5.74, 6) is -0.782. The molecule has 8 heteroatoms. The van der Waals surface area contributed by atoms with Gasteiger partial charge in [-0.1, -0.05) is 18.2 Å². The number of benzene rings is 1. The Morgan fingerprint density at radius 1 is 1.30 bits per heavy atom. The fourth-order valence-electron chi connectivity index (χ4n) is 2.52. The second kappa shape index (κ2) is 6.29. The van der Waals surface area contributed by atoms with E-state index in [9.17, 15) is 18.0 Å². The molecule has 7 nitrogen and oxygen atoms in total. The zero-order chi connectivity index (χ0) is 17.3. The average molecular weight is 339 g/mol. The van der Waals surface area contributed by atoms with Gasteiger partial charge in [-0.25, -0.2) is 8.42 Å². The second-order valence-electron chi connectivity index (χ2n) is 6.06. The summed E-state index contributed by atoms with van der Waals surface area (Å²) in [6.07, 6.45) is 0.489. The Labute approximate surface area is 136 Å². The van der Waals surface area contributed by atoms with Crippen LogP contribution in [0, 0.1) is 5.41 Å². The number of carbonyl (C=O) groups excluding carboxylic acids is 2. The van der Waals surface area contributed by atoms with E-state index in [4.69, 9.17) is 5.73 Å².